The Labute approximate surface area is 54.3 Å². The summed E-state index contributed by atoms with van der Waals surface area (Å²) in [5.41, 5.74) is 0. The number of aldehydes is 1. The van der Waals surface area contributed by atoms with Gasteiger partial charge in [0.1, 0.15) is 0 Å². The minimum absolute atomic E-state index is 0.0573. The zero-order chi connectivity index (χ0) is 5.82. The van der Waals surface area contributed by atoms with Crippen molar-refractivity contribution in [3.05, 3.63) is 23.1 Å². The molecule has 0 amide bonds. The second-order valence-corrected chi connectivity index (χ2v) is 3.62. The van der Waals surface area contributed by atoms with Crippen molar-refractivity contribution in [3.8, 4) is 0 Å². The molecule has 1 aliphatic heterocycles. The van der Waals surface area contributed by atoms with E-state index in [9.17, 15) is 4.79 Å². The summed E-state index contributed by atoms with van der Waals surface area (Å²) in [5, 5.41) is 0. The first-order chi connectivity index (χ1) is 3.93. The Bertz CT molecular complexity index is 177. The Balaban J connectivity index is 2.82. The van der Waals surface area contributed by atoms with Crippen LogP contribution in [-0.2, 0) is 4.79 Å². The van der Waals surface area contributed by atoms with E-state index in [1.54, 1.807) is 0 Å². The Morgan fingerprint density at radius 1 is 1.50 bits per heavy atom. The molecule has 0 atom stereocenters. The van der Waals surface area contributed by atoms with Gasteiger partial charge in [-0.25, -0.2) is 0 Å². The van der Waals surface area contributed by atoms with Crippen molar-refractivity contribution in [2.45, 2.75) is 0 Å². The molecule has 0 unspecified atom stereocenters. The predicted octanol–water partition coefficient (Wildman–Crippen LogP) is 0.145. The number of carbonyl (C=O) groups is 1. The molecule has 0 aromatic rings. The van der Waals surface area contributed by atoms with Crippen LogP contribution in [0.25, 0.3) is 0 Å². The fourth-order valence-electron chi connectivity index (χ4n) is 0.446. The summed E-state index contributed by atoms with van der Waals surface area (Å²) in [7, 11) is 0. The van der Waals surface area contributed by atoms with E-state index >= 15 is 0 Å². The normalized spacial score (nSPS) is 17.8. The van der Waals surface area contributed by atoms with Gasteiger partial charge in [0.25, 0.3) is 0 Å². The molecule has 40 valence electrons. The van der Waals surface area contributed by atoms with Gasteiger partial charge in [-0.1, -0.05) is 0 Å². The average molecular weight is 168 g/mol. The molecule has 0 spiro atoms. The van der Waals surface area contributed by atoms with Crippen LogP contribution in [0.5, 0.6) is 0 Å². The number of allylic oxidation sites excluding steroid dienone is 3. The third-order valence-corrected chi connectivity index (χ3v) is 2.64. The van der Waals surface area contributed by atoms with Crippen molar-refractivity contribution >= 4 is 25.9 Å². The fourth-order valence-corrected chi connectivity index (χ4v) is 1.68. The van der Waals surface area contributed by atoms with Gasteiger partial charge < -0.3 is 0 Å². The molecule has 0 radical (unpaired) electrons. The van der Waals surface area contributed by atoms with Gasteiger partial charge in [0, 0.05) is 0 Å². The van der Waals surface area contributed by atoms with E-state index in [-0.39, 0.29) is 15.3 Å². The standard InChI is InChI=1S/C6H5AsO/c8-5-6-3-1-2-4-7-6/h1-5H. The van der Waals surface area contributed by atoms with E-state index in [2.05, 4.69) is 4.86 Å². The fraction of sp³-hybridized carbons (Fsp3) is 0. The first-order valence-corrected chi connectivity index (χ1v) is 4.32. The minimum atomic E-state index is 0.0573. The second kappa shape index (κ2) is 2.78. The zero-order valence-electron chi connectivity index (χ0n) is 4.24. The molecule has 8 heavy (non-hydrogen) atoms. The van der Waals surface area contributed by atoms with Crippen LogP contribution >= 0.6 is 0 Å². The van der Waals surface area contributed by atoms with Crippen LogP contribution < -0.4 is 0 Å². The molecule has 0 fully saturated rings. The van der Waals surface area contributed by atoms with Crippen molar-refractivity contribution in [1.29, 1.82) is 0 Å². The molecule has 1 heterocycles. The monoisotopic (exact) mass is 168 g/mol. The summed E-state index contributed by atoms with van der Waals surface area (Å²) >= 11 is 0.0573. The van der Waals surface area contributed by atoms with Crippen molar-refractivity contribution in [2.75, 3.05) is 0 Å². The third kappa shape index (κ3) is 1.27. The van der Waals surface area contributed by atoms with Crippen LogP contribution in [0.3, 0.4) is 0 Å². The van der Waals surface area contributed by atoms with Crippen molar-refractivity contribution < 1.29 is 4.79 Å². The van der Waals surface area contributed by atoms with E-state index < -0.39 is 0 Å². The van der Waals surface area contributed by atoms with Crippen molar-refractivity contribution in [2.24, 2.45) is 0 Å². The first-order valence-electron chi connectivity index (χ1n) is 2.29. The van der Waals surface area contributed by atoms with E-state index in [0.717, 1.165) is 10.6 Å². The van der Waals surface area contributed by atoms with Crippen LogP contribution in [-0.4, -0.2) is 25.9 Å². The number of rotatable bonds is 1. The maximum atomic E-state index is 10.1. The summed E-state index contributed by atoms with van der Waals surface area (Å²) in [6.45, 7) is 0. The predicted molar refractivity (Wildman–Crippen MR) is 35.1 cm³/mol. The molecule has 0 saturated heterocycles. The van der Waals surface area contributed by atoms with Crippen molar-refractivity contribution in [1.82, 2.24) is 0 Å². The summed E-state index contributed by atoms with van der Waals surface area (Å²) in [6, 6.07) is 0. The van der Waals surface area contributed by atoms with Gasteiger partial charge in [-0.05, 0) is 0 Å². The summed E-state index contributed by atoms with van der Waals surface area (Å²) in [5.74, 6) is 0. The van der Waals surface area contributed by atoms with E-state index in [1.165, 1.54) is 0 Å². The first kappa shape index (κ1) is 5.71. The number of hydrogen-bond acceptors (Lipinski definition) is 1. The van der Waals surface area contributed by atoms with E-state index in [1.807, 2.05) is 18.2 Å². The van der Waals surface area contributed by atoms with Gasteiger partial charge in [0.2, 0.25) is 0 Å². The maximum absolute atomic E-state index is 10.1. The molecule has 1 aliphatic rings. The van der Waals surface area contributed by atoms with Crippen LogP contribution in [0, 0.1) is 0 Å². The Hall–Kier alpha value is -0.422. The summed E-state index contributed by atoms with van der Waals surface area (Å²) < 4.78 is 0.948. The van der Waals surface area contributed by atoms with Crippen LogP contribution in [0.1, 0.15) is 0 Å². The second-order valence-electron chi connectivity index (χ2n) is 1.37. The molecule has 0 bridgehead atoms. The Morgan fingerprint density at radius 2 is 2.38 bits per heavy atom. The van der Waals surface area contributed by atoms with Crippen LogP contribution in [0.2, 0.25) is 0 Å². The number of carbonyl (C=O) groups excluding carboxylic acids is 1. The van der Waals surface area contributed by atoms with Gasteiger partial charge in [-0.2, -0.15) is 0 Å². The van der Waals surface area contributed by atoms with Crippen LogP contribution in [0.15, 0.2) is 23.1 Å². The molecule has 1 rings (SSSR count). The molecular weight excluding hydrogens is 163 g/mol. The topological polar surface area (TPSA) is 17.1 Å². The van der Waals surface area contributed by atoms with Crippen LogP contribution in [0.4, 0.5) is 0 Å². The zero-order valence-corrected chi connectivity index (χ0v) is 6.12. The third-order valence-electron chi connectivity index (χ3n) is 0.809. The molecule has 0 aliphatic carbocycles. The molecule has 0 N–H and O–H groups in total. The van der Waals surface area contributed by atoms with Gasteiger partial charge in [0.05, 0.1) is 0 Å². The Morgan fingerprint density at radius 3 is 2.75 bits per heavy atom. The molecule has 0 saturated carbocycles. The van der Waals surface area contributed by atoms with Crippen molar-refractivity contribution in [3.63, 3.8) is 0 Å². The average Bonchev–Trinajstić information content (AvgIpc) is 1.90. The summed E-state index contributed by atoms with van der Waals surface area (Å²) in [6.07, 6.45) is 6.67. The molecular formula is C6H5AsO. The van der Waals surface area contributed by atoms with Gasteiger partial charge in [-0.15, -0.1) is 0 Å². The molecule has 1 nitrogen and oxygen atoms in total. The SMILES string of the molecule is O=CC1=[As]C=CC=C1. The van der Waals surface area contributed by atoms with Gasteiger partial charge in [-0.3, -0.25) is 0 Å². The van der Waals surface area contributed by atoms with E-state index in [0.29, 0.717) is 0 Å². The molecule has 0 aromatic carbocycles. The Kier molecular flexibility index (Phi) is 1.99. The van der Waals surface area contributed by atoms with Gasteiger partial charge >= 0.3 is 53.8 Å². The van der Waals surface area contributed by atoms with E-state index in [4.69, 9.17) is 0 Å². The molecule has 2 heteroatoms. The number of hydrogen-bond donors (Lipinski definition) is 0. The molecule has 0 aromatic heterocycles. The quantitative estimate of drug-likeness (QED) is 0.402. The summed E-state index contributed by atoms with van der Waals surface area (Å²) in [4.78, 5) is 12.1. The van der Waals surface area contributed by atoms with Gasteiger partial charge in [0.15, 0.2) is 0 Å².